The van der Waals surface area contributed by atoms with Crippen molar-refractivity contribution in [3.63, 3.8) is 0 Å². The molecule has 0 saturated carbocycles. The molecule has 1 atom stereocenters. The second kappa shape index (κ2) is 7.87. The number of ether oxygens (including phenoxy) is 1. The van der Waals surface area contributed by atoms with Crippen LogP contribution in [0.1, 0.15) is 27.3 Å². The van der Waals surface area contributed by atoms with E-state index in [9.17, 15) is 13.6 Å². The van der Waals surface area contributed by atoms with E-state index in [1.54, 1.807) is 0 Å². The van der Waals surface area contributed by atoms with E-state index in [1.807, 2.05) is 0 Å². The molecule has 2 aromatic rings. The van der Waals surface area contributed by atoms with E-state index < -0.39 is 12.5 Å². The first-order chi connectivity index (χ1) is 11.0. The number of hydrogen-bond donors (Lipinski definition) is 2. The van der Waals surface area contributed by atoms with Crippen LogP contribution in [0.15, 0.2) is 24.3 Å². The highest BCUT2D eigenvalue weighted by molar-refractivity contribution is 7.15. The first kappa shape index (κ1) is 18.6. The SMILES string of the molecule is Cl.N[C@H]1CCc2nc(NC(=O)c3cccc(OC(F)F)c3)sc2C1. The lowest BCUT2D eigenvalue weighted by atomic mass is 9.99. The number of nitrogens with one attached hydrogen (secondary N) is 1. The predicted octanol–water partition coefficient (Wildman–Crippen LogP) is 3.23. The van der Waals surface area contributed by atoms with Crippen LogP contribution in [0.5, 0.6) is 5.75 Å². The lowest BCUT2D eigenvalue weighted by Crippen LogP contribution is -2.27. The number of aryl methyl sites for hydroxylation is 1. The molecule has 1 heterocycles. The Bertz CT molecular complexity index is 726. The van der Waals surface area contributed by atoms with E-state index in [0.717, 1.165) is 29.8 Å². The minimum atomic E-state index is -2.93. The van der Waals surface area contributed by atoms with E-state index in [-0.39, 0.29) is 29.8 Å². The van der Waals surface area contributed by atoms with Crippen molar-refractivity contribution in [3.05, 3.63) is 40.4 Å². The molecule has 0 radical (unpaired) electrons. The number of aromatic nitrogens is 1. The summed E-state index contributed by atoms with van der Waals surface area (Å²) in [5, 5.41) is 3.19. The third-order valence-electron chi connectivity index (χ3n) is 3.52. The van der Waals surface area contributed by atoms with Gasteiger partial charge in [-0.05, 0) is 37.5 Å². The first-order valence-corrected chi connectivity index (χ1v) is 7.93. The van der Waals surface area contributed by atoms with Crippen molar-refractivity contribution in [2.24, 2.45) is 5.73 Å². The Kier molecular flexibility index (Phi) is 6.09. The summed E-state index contributed by atoms with van der Waals surface area (Å²) in [6.07, 6.45) is 2.46. The molecule has 24 heavy (non-hydrogen) atoms. The van der Waals surface area contributed by atoms with Crippen molar-refractivity contribution >= 4 is 34.8 Å². The van der Waals surface area contributed by atoms with Gasteiger partial charge in [0.2, 0.25) is 0 Å². The number of fused-ring (bicyclic) bond motifs is 1. The highest BCUT2D eigenvalue weighted by Gasteiger charge is 2.21. The third-order valence-corrected chi connectivity index (χ3v) is 4.56. The van der Waals surface area contributed by atoms with E-state index >= 15 is 0 Å². The Balaban J connectivity index is 0.00000208. The van der Waals surface area contributed by atoms with Crippen molar-refractivity contribution < 1.29 is 18.3 Å². The first-order valence-electron chi connectivity index (χ1n) is 7.11. The summed E-state index contributed by atoms with van der Waals surface area (Å²) >= 11 is 1.40. The van der Waals surface area contributed by atoms with Gasteiger partial charge in [0.05, 0.1) is 5.69 Å². The number of halogens is 3. The maximum absolute atomic E-state index is 12.2. The fourth-order valence-electron chi connectivity index (χ4n) is 2.44. The van der Waals surface area contributed by atoms with Gasteiger partial charge in [-0.25, -0.2) is 4.98 Å². The number of nitrogens with two attached hydrogens (primary N) is 1. The van der Waals surface area contributed by atoms with Gasteiger partial charge < -0.3 is 10.5 Å². The summed E-state index contributed by atoms with van der Waals surface area (Å²) in [5.74, 6) is -0.475. The van der Waals surface area contributed by atoms with Crippen LogP contribution in [-0.4, -0.2) is 23.5 Å². The topological polar surface area (TPSA) is 77.2 Å². The van der Waals surface area contributed by atoms with Gasteiger partial charge in [-0.15, -0.1) is 23.7 Å². The quantitative estimate of drug-likeness (QED) is 0.860. The molecule has 1 amide bonds. The summed E-state index contributed by atoms with van der Waals surface area (Å²) in [6, 6.07) is 5.78. The highest BCUT2D eigenvalue weighted by atomic mass is 35.5. The normalized spacial score (nSPS) is 16.2. The van der Waals surface area contributed by atoms with Gasteiger partial charge in [0.1, 0.15) is 5.75 Å². The van der Waals surface area contributed by atoms with Crippen molar-refractivity contribution in [2.75, 3.05) is 5.32 Å². The Hall–Kier alpha value is -1.77. The second-order valence-corrected chi connectivity index (χ2v) is 6.34. The van der Waals surface area contributed by atoms with Crippen molar-refractivity contribution in [1.82, 2.24) is 4.98 Å². The van der Waals surface area contributed by atoms with Gasteiger partial charge in [-0.2, -0.15) is 8.78 Å². The number of alkyl halides is 2. The molecular formula is C15H16ClF2N3O2S. The smallest absolute Gasteiger partial charge is 0.387 e. The number of hydrogen-bond acceptors (Lipinski definition) is 5. The zero-order valence-electron chi connectivity index (χ0n) is 12.5. The molecule has 0 saturated heterocycles. The van der Waals surface area contributed by atoms with E-state index in [4.69, 9.17) is 5.73 Å². The van der Waals surface area contributed by atoms with Crippen LogP contribution in [0.4, 0.5) is 13.9 Å². The van der Waals surface area contributed by atoms with Crippen LogP contribution >= 0.6 is 23.7 Å². The number of anilines is 1. The standard InChI is InChI=1S/C15H15F2N3O2S.ClH/c16-14(17)22-10-3-1-2-8(6-10)13(21)20-15-19-11-5-4-9(18)7-12(11)23-15;/h1-3,6,9,14H,4-5,7,18H2,(H,19,20,21);1H/t9-;/m0./s1. The molecule has 3 N–H and O–H groups in total. The van der Waals surface area contributed by atoms with Crippen LogP contribution in [-0.2, 0) is 12.8 Å². The molecule has 1 aliphatic carbocycles. The zero-order valence-corrected chi connectivity index (χ0v) is 14.1. The molecule has 0 bridgehead atoms. The lowest BCUT2D eigenvalue weighted by molar-refractivity contribution is -0.0498. The molecule has 3 rings (SSSR count). The third kappa shape index (κ3) is 4.40. The van der Waals surface area contributed by atoms with Gasteiger partial charge in [-0.3, -0.25) is 10.1 Å². The molecule has 1 aromatic carbocycles. The lowest BCUT2D eigenvalue weighted by Gasteiger charge is -2.15. The maximum Gasteiger partial charge on any atom is 0.387 e. The van der Waals surface area contributed by atoms with Gasteiger partial charge in [0, 0.05) is 16.5 Å². The van der Waals surface area contributed by atoms with Crippen molar-refractivity contribution in [1.29, 1.82) is 0 Å². The summed E-state index contributed by atoms with van der Waals surface area (Å²) in [4.78, 5) is 17.7. The van der Waals surface area contributed by atoms with Gasteiger partial charge in [-0.1, -0.05) is 6.07 Å². The molecule has 130 valence electrons. The van der Waals surface area contributed by atoms with E-state index in [0.29, 0.717) is 5.13 Å². The van der Waals surface area contributed by atoms with Crippen LogP contribution in [0.2, 0.25) is 0 Å². The Morgan fingerprint density at radius 3 is 3.00 bits per heavy atom. The largest absolute Gasteiger partial charge is 0.435 e. The molecule has 0 fully saturated rings. The van der Waals surface area contributed by atoms with E-state index in [1.165, 1.54) is 35.6 Å². The number of amides is 1. The molecule has 1 aromatic heterocycles. The average Bonchev–Trinajstić information content (AvgIpc) is 2.88. The Morgan fingerprint density at radius 2 is 2.25 bits per heavy atom. The number of carbonyl (C=O) groups is 1. The van der Waals surface area contributed by atoms with Crippen LogP contribution in [0.25, 0.3) is 0 Å². The van der Waals surface area contributed by atoms with Gasteiger partial charge >= 0.3 is 6.61 Å². The molecule has 1 aliphatic rings. The van der Waals surface area contributed by atoms with Crippen LogP contribution in [0, 0.1) is 0 Å². The van der Waals surface area contributed by atoms with Crippen molar-refractivity contribution in [3.8, 4) is 5.75 Å². The minimum Gasteiger partial charge on any atom is -0.435 e. The summed E-state index contributed by atoms with van der Waals surface area (Å²) in [6.45, 7) is -2.93. The Labute approximate surface area is 147 Å². The van der Waals surface area contributed by atoms with Crippen LogP contribution in [0.3, 0.4) is 0 Å². The molecule has 0 spiro atoms. The van der Waals surface area contributed by atoms with Crippen molar-refractivity contribution in [2.45, 2.75) is 31.9 Å². The number of nitrogens with zero attached hydrogens (tertiary/aromatic N) is 1. The fourth-order valence-corrected chi connectivity index (χ4v) is 3.53. The highest BCUT2D eigenvalue weighted by Crippen LogP contribution is 2.29. The number of carbonyl (C=O) groups excluding carboxylic acids is 1. The molecule has 0 unspecified atom stereocenters. The second-order valence-electron chi connectivity index (χ2n) is 5.25. The summed E-state index contributed by atoms with van der Waals surface area (Å²) in [7, 11) is 0. The summed E-state index contributed by atoms with van der Waals surface area (Å²) < 4.78 is 28.7. The molecule has 0 aliphatic heterocycles. The molecule has 5 nitrogen and oxygen atoms in total. The average molecular weight is 376 g/mol. The maximum atomic E-state index is 12.2. The Morgan fingerprint density at radius 1 is 1.46 bits per heavy atom. The number of thiazole rings is 1. The molecular weight excluding hydrogens is 360 g/mol. The molecule has 9 heteroatoms. The van der Waals surface area contributed by atoms with E-state index in [2.05, 4.69) is 15.0 Å². The minimum absolute atomic E-state index is 0. The number of benzene rings is 1. The summed E-state index contributed by atoms with van der Waals surface area (Å²) in [5.41, 5.74) is 7.13. The van der Waals surface area contributed by atoms with Gasteiger partial charge in [0.15, 0.2) is 5.13 Å². The van der Waals surface area contributed by atoms with Crippen LogP contribution < -0.4 is 15.8 Å². The fraction of sp³-hybridized carbons (Fsp3) is 0.333. The zero-order chi connectivity index (χ0) is 16.4. The predicted molar refractivity (Wildman–Crippen MR) is 90.4 cm³/mol. The van der Waals surface area contributed by atoms with Gasteiger partial charge in [0.25, 0.3) is 5.91 Å². The number of rotatable bonds is 4. The monoisotopic (exact) mass is 375 g/mol.